The van der Waals surface area contributed by atoms with Crippen molar-refractivity contribution in [1.82, 2.24) is 19.6 Å². The van der Waals surface area contributed by atoms with Crippen LogP contribution in [0.2, 0.25) is 5.02 Å². The molecule has 2 aliphatic heterocycles. The maximum absolute atomic E-state index is 14.7. The fraction of sp³-hybridized carbons (Fsp3) is 0.326. The van der Waals surface area contributed by atoms with Crippen LogP contribution in [0.1, 0.15) is 29.2 Å². The van der Waals surface area contributed by atoms with Gasteiger partial charge in [-0.05, 0) is 64.7 Å². The zero-order valence-corrected chi connectivity index (χ0v) is 33.0. The zero-order chi connectivity index (χ0) is 39.0. The van der Waals surface area contributed by atoms with Gasteiger partial charge in [-0.15, -0.1) is 0 Å². The van der Waals surface area contributed by atoms with Crippen molar-refractivity contribution in [3.63, 3.8) is 0 Å². The predicted octanol–water partition coefficient (Wildman–Crippen LogP) is 5.41. The highest BCUT2D eigenvalue weighted by Crippen LogP contribution is 2.23. The van der Waals surface area contributed by atoms with Crippen molar-refractivity contribution in [2.24, 2.45) is 0 Å². The van der Waals surface area contributed by atoms with E-state index in [0.29, 0.717) is 56.3 Å². The third-order valence-electron chi connectivity index (χ3n) is 10.3. The smallest absolute Gasteiger partial charge is 0.247 e. The molecule has 0 saturated carbocycles. The van der Waals surface area contributed by atoms with Gasteiger partial charge < -0.3 is 19.6 Å². The van der Waals surface area contributed by atoms with Crippen LogP contribution >= 0.6 is 11.6 Å². The molecule has 0 unspecified atom stereocenters. The van der Waals surface area contributed by atoms with E-state index in [4.69, 9.17) is 11.6 Å². The van der Waals surface area contributed by atoms with E-state index >= 15 is 0 Å². The average molecular weight is 782 g/mol. The molecular weight excluding hydrogens is 734 g/mol. The van der Waals surface area contributed by atoms with E-state index in [0.717, 1.165) is 48.3 Å². The van der Waals surface area contributed by atoms with Gasteiger partial charge in [0.2, 0.25) is 17.7 Å². The third-order valence-corrected chi connectivity index (χ3v) is 11.7. The fourth-order valence-electron chi connectivity index (χ4n) is 7.07. The Morgan fingerprint density at radius 2 is 1.33 bits per heavy atom. The van der Waals surface area contributed by atoms with Gasteiger partial charge in [0.25, 0.3) is 0 Å². The fourth-order valence-corrected chi connectivity index (χ4v) is 7.83. The van der Waals surface area contributed by atoms with E-state index in [1.807, 2.05) is 88.7 Å². The van der Waals surface area contributed by atoms with Gasteiger partial charge in [0, 0.05) is 102 Å². The van der Waals surface area contributed by atoms with Crippen LogP contribution in [0, 0.1) is 0 Å². The summed E-state index contributed by atoms with van der Waals surface area (Å²) in [7, 11) is -3.37. The largest absolute Gasteiger partial charge is 0.368 e. The van der Waals surface area contributed by atoms with E-state index in [1.165, 1.54) is 18.2 Å². The SMILES string of the molecule is CC(=O)N1CCN(c2ccc(CN(C(=O)C=Cc3ccc(S(C)(=O)=O)cc3)[C@@H](Cc3ccccc3)C(=O)N3CCN(Cc4ccc(Cl)cc4)CC3)cc2)CC1. The minimum atomic E-state index is -3.37. The Labute approximate surface area is 329 Å². The van der Waals surface area contributed by atoms with Gasteiger partial charge in [-0.25, -0.2) is 8.42 Å². The van der Waals surface area contributed by atoms with Crippen LogP contribution in [0.3, 0.4) is 0 Å². The van der Waals surface area contributed by atoms with Crippen LogP contribution in [-0.2, 0) is 43.7 Å². The standard InChI is InChI=1S/C43H48ClN5O5S/c1-33(50)46-26-28-47(29-27-46)39-17-10-37(11-18-39)32-49(42(51)21-14-34-12-19-40(20-13-34)55(2,53)54)41(30-35-6-4-3-5-7-35)43(52)48-24-22-45(23-25-48)31-36-8-15-38(44)16-9-36/h3-21,41H,22-32H2,1-2H3/t41-/m0/s1. The highest BCUT2D eigenvalue weighted by atomic mass is 35.5. The molecule has 0 radical (unpaired) electrons. The minimum Gasteiger partial charge on any atom is -0.368 e. The number of piperazine rings is 2. The van der Waals surface area contributed by atoms with Crippen LogP contribution in [-0.4, -0.2) is 110 Å². The molecule has 0 N–H and O–H groups in total. The van der Waals surface area contributed by atoms with E-state index in [2.05, 4.69) is 9.80 Å². The molecule has 0 aliphatic carbocycles. The number of sulfone groups is 1. The van der Waals surface area contributed by atoms with E-state index in [-0.39, 0.29) is 29.2 Å². The van der Waals surface area contributed by atoms with Gasteiger partial charge in [-0.2, -0.15) is 0 Å². The molecule has 3 amide bonds. The van der Waals surface area contributed by atoms with Gasteiger partial charge in [0.05, 0.1) is 4.90 Å². The summed E-state index contributed by atoms with van der Waals surface area (Å²) >= 11 is 6.10. The first-order chi connectivity index (χ1) is 26.4. The predicted molar refractivity (Wildman–Crippen MR) is 217 cm³/mol. The van der Waals surface area contributed by atoms with Crippen LogP contribution in [0.15, 0.2) is 114 Å². The Morgan fingerprint density at radius 3 is 1.93 bits per heavy atom. The molecule has 288 valence electrons. The molecule has 4 aromatic rings. The molecule has 10 nitrogen and oxygen atoms in total. The molecular formula is C43H48ClN5O5S. The Balaban J connectivity index is 1.25. The molecule has 0 bridgehead atoms. The van der Waals surface area contributed by atoms with Gasteiger partial charge in [0.15, 0.2) is 9.84 Å². The van der Waals surface area contributed by atoms with Crippen molar-refractivity contribution >= 4 is 50.9 Å². The molecule has 2 saturated heterocycles. The van der Waals surface area contributed by atoms with Crippen LogP contribution in [0.5, 0.6) is 0 Å². The molecule has 4 aromatic carbocycles. The molecule has 2 heterocycles. The summed E-state index contributed by atoms with van der Waals surface area (Å²) in [6.45, 7) is 7.84. The second kappa shape index (κ2) is 18.1. The first-order valence-corrected chi connectivity index (χ1v) is 20.9. The Bertz CT molecular complexity index is 2060. The van der Waals surface area contributed by atoms with Crippen molar-refractivity contribution in [3.05, 3.63) is 136 Å². The highest BCUT2D eigenvalue weighted by Gasteiger charge is 2.34. The Hall–Kier alpha value is -4.97. The number of amides is 3. The van der Waals surface area contributed by atoms with Gasteiger partial charge >= 0.3 is 0 Å². The summed E-state index contributed by atoms with van der Waals surface area (Å²) in [5.41, 5.74) is 4.68. The molecule has 0 spiro atoms. The molecule has 2 fully saturated rings. The number of hydrogen-bond donors (Lipinski definition) is 0. The van der Waals surface area contributed by atoms with E-state index in [1.54, 1.807) is 30.0 Å². The van der Waals surface area contributed by atoms with Crippen LogP contribution in [0.4, 0.5) is 5.69 Å². The number of hydrogen-bond acceptors (Lipinski definition) is 7. The van der Waals surface area contributed by atoms with Crippen LogP contribution < -0.4 is 4.90 Å². The lowest BCUT2D eigenvalue weighted by Crippen LogP contribution is -2.56. The number of halogens is 1. The Kier molecular flexibility index (Phi) is 13.1. The minimum absolute atomic E-state index is 0.0825. The highest BCUT2D eigenvalue weighted by molar-refractivity contribution is 7.90. The van der Waals surface area contributed by atoms with Crippen molar-refractivity contribution in [2.45, 2.75) is 37.4 Å². The van der Waals surface area contributed by atoms with Crippen molar-refractivity contribution < 1.29 is 22.8 Å². The summed E-state index contributed by atoms with van der Waals surface area (Å²) in [6.07, 6.45) is 4.62. The number of nitrogens with zero attached hydrogens (tertiary/aromatic N) is 5. The zero-order valence-electron chi connectivity index (χ0n) is 31.4. The normalized spacial score (nSPS) is 15.9. The number of carbonyl (C=O) groups is 3. The summed E-state index contributed by atoms with van der Waals surface area (Å²) in [5, 5.41) is 0.697. The Morgan fingerprint density at radius 1 is 0.727 bits per heavy atom. The average Bonchev–Trinajstić information content (AvgIpc) is 3.19. The topological polar surface area (TPSA) is 102 Å². The van der Waals surface area contributed by atoms with Crippen LogP contribution in [0.25, 0.3) is 6.08 Å². The maximum Gasteiger partial charge on any atom is 0.247 e. The lowest BCUT2D eigenvalue weighted by Gasteiger charge is -2.39. The number of anilines is 1. The monoisotopic (exact) mass is 781 g/mol. The summed E-state index contributed by atoms with van der Waals surface area (Å²) in [5.74, 6) is -0.347. The summed E-state index contributed by atoms with van der Waals surface area (Å²) < 4.78 is 24.0. The molecule has 0 aromatic heterocycles. The number of rotatable bonds is 12. The van der Waals surface area contributed by atoms with Gasteiger partial charge in [-0.3, -0.25) is 19.3 Å². The molecule has 6 rings (SSSR count). The summed E-state index contributed by atoms with van der Waals surface area (Å²) in [6, 6.07) is 31.2. The molecule has 55 heavy (non-hydrogen) atoms. The van der Waals surface area contributed by atoms with Crippen molar-refractivity contribution in [3.8, 4) is 0 Å². The third kappa shape index (κ3) is 10.8. The molecule has 2 aliphatic rings. The number of carbonyl (C=O) groups excluding carboxylic acids is 3. The quantitative estimate of drug-likeness (QED) is 0.177. The van der Waals surface area contributed by atoms with Crippen molar-refractivity contribution in [2.75, 3.05) is 63.5 Å². The lowest BCUT2D eigenvalue weighted by molar-refractivity contribution is -0.145. The van der Waals surface area contributed by atoms with Gasteiger partial charge in [-0.1, -0.05) is 78.3 Å². The molecule has 1 atom stereocenters. The van der Waals surface area contributed by atoms with E-state index in [9.17, 15) is 22.8 Å². The molecule has 12 heteroatoms. The second-order valence-electron chi connectivity index (χ2n) is 14.2. The second-order valence-corrected chi connectivity index (χ2v) is 16.7. The summed E-state index contributed by atoms with van der Waals surface area (Å²) in [4.78, 5) is 51.0. The first kappa shape index (κ1) is 39.7. The first-order valence-electron chi connectivity index (χ1n) is 18.6. The maximum atomic E-state index is 14.7. The van der Waals surface area contributed by atoms with Gasteiger partial charge in [0.1, 0.15) is 6.04 Å². The lowest BCUT2D eigenvalue weighted by atomic mass is 10.0. The van der Waals surface area contributed by atoms with Crippen molar-refractivity contribution in [1.29, 1.82) is 0 Å². The number of benzene rings is 4. The van der Waals surface area contributed by atoms with E-state index < -0.39 is 15.9 Å².